The summed E-state index contributed by atoms with van der Waals surface area (Å²) in [4.78, 5) is 43.5. The van der Waals surface area contributed by atoms with Gasteiger partial charge in [0.05, 0.1) is 19.1 Å². The van der Waals surface area contributed by atoms with Gasteiger partial charge in [0.1, 0.15) is 6.10 Å². The molecule has 0 amide bonds. The Labute approximate surface area is 200 Å². The van der Waals surface area contributed by atoms with Crippen molar-refractivity contribution in [1.82, 2.24) is 14.5 Å². The number of aliphatic hydroxyl groups excluding tert-OH is 1. The zero-order chi connectivity index (χ0) is 26.5. The van der Waals surface area contributed by atoms with Gasteiger partial charge in [-0.1, -0.05) is 4.98 Å². The normalized spacial score (nSPS) is 25.0. The number of nitrogen functional groups attached to an aromatic ring is 1. The van der Waals surface area contributed by atoms with Crippen LogP contribution < -0.4 is 20.8 Å². The van der Waals surface area contributed by atoms with E-state index in [4.69, 9.17) is 19.7 Å². The number of aryl methyl sites for hydroxylation is 1. The van der Waals surface area contributed by atoms with Crippen molar-refractivity contribution in [2.24, 2.45) is 12.5 Å². The summed E-state index contributed by atoms with van der Waals surface area (Å²) in [7, 11) is -6.91. The Hall–Kier alpha value is -2.12. The minimum Gasteiger partial charge on any atom is -0.756 e. The Morgan fingerprint density at radius 2 is 2.03 bits per heavy atom. The molecule has 0 bridgehead atoms. The summed E-state index contributed by atoms with van der Waals surface area (Å²) >= 11 is 0. The van der Waals surface area contributed by atoms with Gasteiger partial charge < -0.3 is 29.7 Å². The van der Waals surface area contributed by atoms with E-state index in [-0.39, 0.29) is 17.1 Å². The molecule has 196 valence electrons. The number of phosphoric acid groups is 1. The number of carbonyl (C=O) groups is 1. The maximum absolute atomic E-state index is 12.6. The number of ether oxygens (including phenoxy) is 2. The van der Waals surface area contributed by atoms with E-state index in [1.807, 2.05) is 0 Å². The summed E-state index contributed by atoms with van der Waals surface area (Å²) < 4.78 is 47.2. The standard InChI is InChI=1S/C18H29N5O10P2/c1-18(2,3)16(26)32-12-9(7-30-35(28,29)33-34(5,6)27)31-15(11(12)24)23-8-22(4)10-13(23)20-17(19)21-14(10)25/h8-9,11-12,15,24H,7H2,1-6H3,(H3-,19,20,21,25,28,29)/t9-,11-,12-,15-/m1/s1. The van der Waals surface area contributed by atoms with Gasteiger partial charge in [0, 0.05) is 13.3 Å². The first-order chi connectivity index (χ1) is 15.9. The molecule has 3 heterocycles. The van der Waals surface area contributed by atoms with Crippen molar-refractivity contribution in [3.63, 3.8) is 0 Å². The molecule has 3 rings (SSSR count). The summed E-state index contributed by atoms with van der Waals surface area (Å²) in [5.74, 6) is -0.871. The maximum atomic E-state index is 12.6. The lowest BCUT2D eigenvalue weighted by Gasteiger charge is -2.28. The zero-order valence-corrected chi connectivity index (χ0v) is 21.8. The second-order valence-corrected chi connectivity index (χ2v) is 13.8. The van der Waals surface area contributed by atoms with E-state index in [1.54, 1.807) is 27.8 Å². The monoisotopic (exact) mass is 537 g/mol. The number of hydrogen-bond acceptors (Lipinski definition) is 12. The predicted octanol–water partition coefficient (Wildman–Crippen LogP) is -0.613. The van der Waals surface area contributed by atoms with Crippen molar-refractivity contribution in [2.75, 3.05) is 25.7 Å². The molecule has 5 atom stereocenters. The minimum absolute atomic E-state index is 0.0657. The van der Waals surface area contributed by atoms with Gasteiger partial charge in [0.15, 0.2) is 18.5 Å². The molecule has 0 aromatic carbocycles. The fourth-order valence-electron chi connectivity index (χ4n) is 3.41. The van der Waals surface area contributed by atoms with Gasteiger partial charge in [0.2, 0.25) is 19.1 Å². The van der Waals surface area contributed by atoms with Crippen molar-refractivity contribution in [2.45, 2.75) is 45.3 Å². The molecule has 0 radical (unpaired) electrons. The first-order valence-corrected chi connectivity index (χ1v) is 14.4. The highest BCUT2D eigenvalue weighted by Crippen LogP contribution is 2.55. The number of aliphatic hydroxyl groups is 1. The molecule has 1 aliphatic rings. The Bertz CT molecular complexity index is 1280. The van der Waals surface area contributed by atoms with Crippen LogP contribution >= 0.6 is 15.2 Å². The molecule has 2 aromatic heterocycles. The molecule has 17 heteroatoms. The Morgan fingerprint density at radius 3 is 2.60 bits per heavy atom. The van der Waals surface area contributed by atoms with Crippen molar-refractivity contribution in [3.8, 4) is 0 Å². The number of rotatable bonds is 7. The molecule has 35 heavy (non-hydrogen) atoms. The Balaban J connectivity index is 1.96. The molecule has 2 aromatic rings. The number of nitrogens with two attached hydrogens (primary N) is 1. The Morgan fingerprint density at radius 1 is 1.40 bits per heavy atom. The number of nitrogens with one attached hydrogen (secondary N) is 1. The number of fused-ring (bicyclic) bond motifs is 1. The van der Waals surface area contributed by atoms with Crippen LogP contribution in [0.3, 0.4) is 0 Å². The van der Waals surface area contributed by atoms with Gasteiger partial charge in [-0.2, -0.15) is 0 Å². The van der Waals surface area contributed by atoms with Crippen LogP contribution in [0.15, 0.2) is 11.1 Å². The molecule has 1 fully saturated rings. The first-order valence-electron chi connectivity index (χ1n) is 10.4. The average molecular weight is 537 g/mol. The van der Waals surface area contributed by atoms with E-state index in [2.05, 4.69) is 14.3 Å². The smallest absolute Gasteiger partial charge is 0.313 e. The van der Waals surface area contributed by atoms with Gasteiger partial charge in [-0.3, -0.25) is 32.6 Å². The number of aromatic nitrogens is 4. The molecule has 1 unspecified atom stereocenters. The van der Waals surface area contributed by atoms with Crippen LogP contribution in [0.2, 0.25) is 0 Å². The molecule has 1 saturated heterocycles. The summed E-state index contributed by atoms with van der Waals surface area (Å²) in [6, 6.07) is 0. The van der Waals surface area contributed by atoms with Crippen LogP contribution in [-0.4, -0.2) is 63.9 Å². The third kappa shape index (κ3) is 6.18. The summed E-state index contributed by atoms with van der Waals surface area (Å²) in [5.41, 5.74) is 4.37. The minimum atomic E-state index is -5.02. The van der Waals surface area contributed by atoms with Crippen molar-refractivity contribution < 1.29 is 46.8 Å². The van der Waals surface area contributed by atoms with E-state index in [9.17, 15) is 28.7 Å². The fourth-order valence-corrected chi connectivity index (χ4v) is 5.86. The van der Waals surface area contributed by atoms with Crippen LogP contribution in [0.4, 0.5) is 5.95 Å². The fraction of sp³-hybridized carbons (Fsp3) is 0.667. The number of nitrogens with zero attached hydrogens (tertiary/aromatic N) is 3. The highest BCUT2D eigenvalue weighted by molar-refractivity contribution is 7.66. The average Bonchev–Trinajstić information content (AvgIpc) is 3.14. The summed E-state index contributed by atoms with van der Waals surface area (Å²) in [6.45, 7) is 6.25. The number of esters is 1. The van der Waals surface area contributed by atoms with E-state index >= 15 is 0 Å². The molecule has 15 nitrogen and oxygen atoms in total. The quantitative estimate of drug-likeness (QED) is 0.229. The molecular weight excluding hydrogens is 508 g/mol. The van der Waals surface area contributed by atoms with E-state index < -0.39 is 63.3 Å². The van der Waals surface area contributed by atoms with Crippen LogP contribution in [0.1, 0.15) is 27.0 Å². The van der Waals surface area contributed by atoms with E-state index in [1.165, 1.54) is 15.5 Å². The lowest BCUT2D eigenvalue weighted by atomic mass is 9.97. The van der Waals surface area contributed by atoms with Crippen LogP contribution in [0, 0.1) is 5.41 Å². The van der Waals surface area contributed by atoms with Crippen molar-refractivity contribution >= 4 is 38.3 Å². The van der Waals surface area contributed by atoms with Gasteiger partial charge in [-0.05, 0) is 20.8 Å². The zero-order valence-electron chi connectivity index (χ0n) is 20.0. The number of hydrogen-bond donors (Lipinski definition) is 3. The molecular formula is C18H29N5O10P2. The number of imidazole rings is 1. The third-order valence-corrected chi connectivity index (χ3v) is 7.76. The largest absolute Gasteiger partial charge is 0.756 e. The molecule has 0 saturated carbocycles. The number of carbonyl (C=O) groups excluding carboxylic acids is 1. The number of anilines is 1. The van der Waals surface area contributed by atoms with Gasteiger partial charge >= 0.3 is 11.6 Å². The van der Waals surface area contributed by atoms with Crippen LogP contribution in [0.5, 0.6) is 0 Å². The SMILES string of the molecule is Cn1c[n+]([C@@H]2O[C@H](COP(=O)([O-])OP(C)(C)=O)[C@@H](OC(=O)C(C)(C)C)[C@H]2O)c2nc(N)[nH]c(=O)c21. The highest BCUT2D eigenvalue weighted by atomic mass is 31.3. The maximum Gasteiger partial charge on any atom is 0.313 e. The second-order valence-electron chi connectivity index (χ2n) is 9.51. The molecule has 0 spiro atoms. The van der Waals surface area contributed by atoms with Crippen LogP contribution in [0.25, 0.3) is 11.2 Å². The van der Waals surface area contributed by atoms with Crippen molar-refractivity contribution in [3.05, 3.63) is 16.7 Å². The van der Waals surface area contributed by atoms with Gasteiger partial charge in [0.25, 0.3) is 19.3 Å². The van der Waals surface area contributed by atoms with Gasteiger partial charge in [-0.25, -0.2) is 4.57 Å². The summed E-state index contributed by atoms with van der Waals surface area (Å²) in [5, 5.41) is 11.1. The van der Waals surface area contributed by atoms with Crippen LogP contribution in [-0.2, 0) is 39.3 Å². The highest BCUT2D eigenvalue weighted by Gasteiger charge is 2.51. The Kier molecular flexibility index (Phi) is 7.37. The summed E-state index contributed by atoms with van der Waals surface area (Å²) in [6.07, 6.45) is -4.04. The van der Waals surface area contributed by atoms with E-state index in [0.29, 0.717) is 0 Å². The first kappa shape index (κ1) is 27.5. The predicted molar refractivity (Wildman–Crippen MR) is 119 cm³/mol. The van der Waals surface area contributed by atoms with Crippen molar-refractivity contribution in [1.29, 1.82) is 0 Å². The molecule has 1 aliphatic heterocycles. The number of aromatic amines is 1. The number of phosphoric ester groups is 1. The van der Waals surface area contributed by atoms with Gasteiger partial charge in [-0.15, -0.1) is 0 Å². The lowest BCUT2D eigenvalue weighted by molar-refractivity contribution is -0.745. The number of H-pyrrole nitrogens is 1. The third-order valence-electron chi connectivity index (χ3n) is 4.92. The molecule has 4 N–H and O–H groups in total. The lowest BCUT2D eigenvalue weighted by Crippen LogP contribution is -2.47. The molecule has 0 aliphatic carbocycles. The van der Waals surface area contributed by atoms with E-state index in [0.717, 1.165) is 13.3 Å². The topological polar surface area (TPSA) is 212 Å². The second kappa shape index (κ2) is 9.40.